The first-order valence-corrected chi connectivity index (χ1v) is 8.34. The van der Waals surface area contributed by atoms with Crippen molar-refractivity contribution < 1.29 is 4.74 Å². The second-order valence-corrected chi connectivity index (χ2v) is 5.90. The summed E-state index contributed by atoms with van der Waals surface area (Å²) in [6.07, 6.45) is 4.66. The lowest BCUT2D eigenvalue weighted by Gasteiger charge is -2.27. The Balaban J connectivity index is 1.39. The van der Waals surface area contributed by atoms with Gasteiger partial charge in [0.15, 0.2) is 0 Å². The van der Waals surface area contributed by atoms with Gasteiger partial charge in [-0.05, 0) is 18.1 Å². The van der Waals surface area contributed by atoms with Crippen LogP contribution in [0.1, 0.15) is 5.56 Å². The molecule has 24 heavy (non-hydrogen) atoms. The fraction of sp³-hybridized carbons (Fsp3) is 0.333. The van der Waals surface area contributed by atoms with Crippen LogP contribution in [0.15, 0.2) is 42.9 Å². The lowest BCUT2D eigenvalue weighted by molar-refractivity contribution is 0.122. The zero-order chi connectivity index (χ0) is 16.2. The van der Waals surface area contributed by atoms with Gasteiger partial charge < -0.3 is 19.9 Å². The van der Waals surface area contributed by atoms with Crippen molar-refractivity contribution in [3.63, 3.8) is 0 Å². The lowest BCUT2D eigenvalue weighted by Crippen LogP contribution is -2.36. The number of ether oxygens (including phenoxy) is 1. The lowest BCUT2D eigenvalue weighted by atomic mass is 10.1. The molecular weight excluding hydrogens is 302 g/mol. The summed E-state index contributed by atoms with van der Waals surface area (Å²) >= 11 is 0. The van der Waals surface area contributed by atoms with Gasteiger partial charge in [0.25, 0.3) is 0 Å². The van der Waals surface area contributed by atoms with E-state index in [4.69, 9.17) is 4.74 Å². The van der Waals surface area contributed by atoms with Crippen LogP contribution < -0.4 is 10.2 Å². The van der Waals surface area contributed by atoms with E-state index in [0.717, 1.165) is 50.9 Å². The number of fused-ring (bicyclic) bond motifs is 1. The highest BCUT2D eigenvalue weighted by atomic mass is 16.5. The predicted molar refractivity (Wildman–Crippen MR) is 95.6 cm³/mol. The van der Waals surface area contributed by atoms with Gasteiger partial charge in [-0.25, -0.2) is 9.97 Å². The molecule has 0 aliphatic carbocycles. The van der Waals surface area contributed by atoms with E-state index in [1.54, 1.807) is 6.33 Å². The second-order valence-electron chi connectivity index (χ2n) is 5.90. The van der Waals surface area contributed by atoms with E-state index >= 15 is 0 Å². The number of rotatable bonds is 5. The minimum atomic E-state index is 0.757. The summed E-state index contributed by atoms with van der Waals surface area (Å²) in [5.41, 5.74) is 2.50. The zero-order valence-electron chi connectivity index (χ0n) is 13.5. The topological polar surface area (TPSA) is 66.1 Å². The Morgan fingerprint density at radius 2 is 2.04 bits per heavy atom. The third kappa shape index (κ3) is 3.19. The maximum Gasteiger partial charge on any atom is 0.134 e. The van der Waals surface area contributed by atoms with Crippen molar-refractivity contribution in [2.45, 2.75) is 6.42 Å². The maximum atomic E-state index is 5.39. The molecule has 2 N–H and O–H groups in total. The largest absolute Gasteiger partial charge is 0.378 e. The molecule has 0 saturated carbocycles. The van der Waals surface area contributed by atoms with Crippen LogP contribution in [0.2, 0.25) is 0 Å². The van der Waals surface area contributed by atoms with Gasteiger partial charge in [-0.1, -0.05) is 18.2 Å². The Hall–Kier alpha value is -2.60. The Morgan fingerprint density at radius 3 is 2.96 bits per heavy atom. The van der Waals surface area contributed by atoms with Gasteiger partial charge in [0.2, 0.25) is 0 Å². The Morgan fingerprint density at radius 1 is 1.17 bits per heavy atom. The average molecular weight is 323 g/mol. The number of hydrogen-bond acceptors (Lipinski definition) is 5. The Kier molecular flexibility index (Phi) is 4.29. The summed E-state index contributed by atoms with van der Waals surface area (Å²) in [5.74, 6) is 1.83. The van der Waals surface area contributed by atoms with Crippen LogP contribution in [0.3, 0.4) is 0 Å². The normalized spacial score (nSPS) is 14.9. The zero-order valence-corrected chi connectivity index (χ0v) is 13.5. The van der Waals surface area contributed by atoms with Gasteiger partial charge in [-0.2, -0.15) is 0 Å². The molecule has 1 aliphatic heterocycles. The highest BCUT2D eigenvalue weighted by Gasteiger charge is 2.13. The van der Waals surface area contributed by atoms with E-state index in [0.29, 0.717) is 0 Å². The molecule has 0 unspecified atom stereocenters. The van der Waals surface area contributed by atoms with Gasteiger partial charge in [-0.3, -0.25) is 0 Å². The monoisotopic (exact) mass is 323 g/mol. The smallest absolute Gasteiger partial charge is 0.134 e. The molecular formula is C18H21N5O. The molecule has 2 aromatic heterocycles. The van der Waals surface area contributed by atoms with E-state index in [9.17, 15) is 0 Å². The van der Waals surface area contributed by atoms with Gasteiger partial charge in [0.1, 0.15) is 18.0 Å². The SMILES string of the molecule is c1ccc2c(CCNc3cc(N4CCOCC4)ncn3)c[nH]c2c1. The number of aromatic amines is 1. The average Bonchev–Trinajstić information content (AvgIpc) is 3.06. The minimum absolute atomic E-state index is 0.757. The molecule has 124 valence electrons. The molecule has 0 radical (unpaired) electrons. The van der Waals surface area contributed by atoms with E-state index in [1.165, 1.54) is 16.5 Å². The molecule has 0 bridgehead atoms. The third-order valence-corrected chi connectivity index (χ3v) is 4.36. The second kappa shape index (κ2) is 6.88. The molecule has 6 heteroatoms. The Labute approximate surface area is 140 Å². The molecule has 1 aliphatic rings. The quantitative estimate of drug-likeness (QED) is 0.755. The summed E-state index contributed by atoms with van der Waals surface area (Å²) in [4.78, 5) is 14.3. The van der Waals surface area contributed by atoms with Crippen LogP contribution in [0, 0.1) is 0 Å². The number of aromatic nitrogens is 3. The number of hydrogen-bond donors (Lipinski definition) is 2. The number of nitrogens with one attached hydrogen (secondary N) is 2. The van der Waals surface area contributed by atoms with Crippen LogP contribution in [0.5, 0.6) is 0 Å². The number of benzene rings is 1. The first kappa shape index (κ1) is 15.0. The van der Waals surface area contributed by atoms with Crippen LogP contribution in [-0.2, 0) is 11.2 Å². The van der Waals surface area contributed by atoms with E-state index in [2.05, 4.69) is 55.6 Å². The van der Waals surface area contributed by atoms with Crippen molar-refractivity contribution in [2.24, 2.45) is 0 Å². The van der Waals surface area contributed by atoms with Crippen molar-refractivity contribution >= 4 is 22.5 Å². The maximum absolute atomic E-state index is 5.39. The Bertz CT molecular complexity index is 810. The van der Waals surface area contributed by atoms with Gasteiger partial charge >= 0.3 is 0 Å². The number of para-hydroxylation sites is 1. The predicted octanol–water partition coefficient (Wildman–Crippen LogP) is 2.45. The number of H-pyrrole nitrogens is 1. The molecule has 1 saturated heterocycles. The molecule has 1 fully saturated rings. The third-order valence-electron chi connectivity index (χ3n) is 4.36. The van der Waals surface area contributed by atoms with E-state index < -0.39 is 0 Å². The summed E-state index contributed by atoms with van der Waals surface area (Å²) in [5, 5.41) is 4.69. The fourth-order valence-electron chi connectivity index (χ4n) is 3.07. The van der Waals surface area contributed by atoms with Crippen molar-refractivity contribution in [1.82, 2.24) is 15.0 Å². The molecule has 4 rings (SSSR count). The number of nitrogens with zero attached hydrogens (tertiary/aromatic N) is 3. The van der Waals surface area contributed by atoms with E-state index in [1.807, 2.05) is 6.07 Å². The van der Waals surface area contributed by atoms with Crippen LogP contribution in [0.25, 0.3) is 10.9 Å². The van der Waals surface area contributed by atoms with E-state index in [-0.39, 0.29) is 0 Å². The summed E-state index contributed by atoms with van der Waals surface area (Å²) in [6.45, 7) is 4.11. The van der Waals surface area contributed by atoms with Crippen LogP contribution >= 0.6 is 0 Å². The van der Waals surface area contributed by atoms with Gasteiger partial charge in [0.05, 0.1) is 13.2 Å². The highest BCUT2D eigenvalue weighted by molar-refractivity contribution is 5.83. The highest BCUT2D eigenvalue weighted by Crippen LogP contribution is 2.19. The van der Waals surface area contributed by atoms with Gasteiger partial charge in [0, 0.05) is 42.8 Å². The fourth-order valence-corrected chi connectivity index (χ4v) is 3.07. The number of morpholine rings is 1. The standard InChI is InChI=1S/C18H21N5O/c1-2-4-16-15(3-1)14(12-20-16)5-6-19-17-11-18(22-13-21-17)23-7-9-24-10-8-23/h1-4,11-13,20H,5-10H2,(H,19,21,22). The molecule has 0 amide bonds. The molecule has 6 nitrogen and oxygen atoms in total. The van der Waals surface area contributed by atoms with Crippen LogP contribution in [-0.4, -0.2) is 47.8 Å². The summed E-state index contributed by atoms with van der Waals surface area (Å²) in [6, 6.07) is 10.4. The van der Waals surface area contributed by atoms with Crippen LogP contribution in [0.4, 0.5) is 11.6 Å². The molecule has 3 aromatic rings. The molecule has 3 heterocycles. The van der Waals surface area contributed by atoms with Gasteiger partial charge in [-0.15, -0.1) is 0 Å². The first-order chi connectivity index (χ1) is 11.9. The van der Waals surface area contributed by atoms with Crippen molar-refractivity contribution in [2.75, 3.05) is 43.1 Å². The minimum Gasteiger partial charge on any atom is -0.378 e. The first-order valence-electron chi connectivity index (χ1n) is 8.34. The van der Waals surface area contributed by atoms with Crippen molar-refractivity contribution in [3.05, 3.63) is 48.4 Å². The summed E-state index contributed by atoms with van der Waals surface area (Å²) < 4.78 is 5.39. The van der Waals surface area contributed by atoms with Crippen molar-refractivity contribution in [3.8, 4) is 0 Å². The van der Waals surface area contributed by atoms with Crippen molar-refractivity contribution in [1.29, 1.82) is 0 Å². The number of anilines is 2. The molecule has 0 atom stereocenters. The molecule has 0 spiro atoms. The summed E-state index contributed by atoms with van der Waals surface area (Å²) in [7, 11) is 0. The molecule has 1 aromatic carbocycles.